The van der Waals surface area contributed by atoms with Crippen LogP contribution in [0.25, 0.3) is 0 Å². The van der Waals surface area contributed by atoms with Gasteiger partial charge in [-0.1, -0.05) is 11.3 Å². The van der Waals surface area contributed by atoms with Crippen LogP contribution >= 0.6 is 11.3 Å². The Morgan fingerprint density at radius 1 is 1.44 bits per heavy atom. The molecule has 1 aromatic rings. The molecule has 2 N–H and O–H groups in total. The lowest BCUT2D eigenvalue weighted by Gasteiger charge is -2.22. The number of Topliss-reactive ketones (excluding diaryl/α,β-unsaturated/α-hetero) is 1. The van der Waals surface area contributed by atoms with Gasteiger partial charge < -0.3 is 15.2 Å². The molecular formula is C11H14N2O4S. The van der Waals surface area contributed by atoms with Gasteiger partial charge >= 0.3 is 5.97 Å². The van der Waals surface area contributed by atoms with Crippen molar-refractivity contribution in [1.29, 1.82) is 0 Å². The van der Waals surface area contributed by atoms with E-state index >= 15 is 0 Å². The number of ether oxygens (including phenoxy) is 1. The number of carboxylic acids is 1. The van der Waals surface area contributed by atoms with Crippen LogP contribution in [0.15, 0.2) is 0 Å². The van der Waals surface area contributed by atoms with E-state index in [-0.39, 0.29) is 22.4 Å². The van der Waals surface area contributed by atoms with Crippen molar-refractivity contribution in [3.63, 3.8) is 0 Å². The highest BCUT2D eigenvalue weighted by Gasteiger charge is 2.22. The van der Waals surface area contributed by atoms with Crippen molar-refractivity contribution in [3.05, 3.63) is 10.6 Å². The zero-order valence-electron chi connectivity index (χ0n) is 9.93. The summed E-state index contributed by atoms with van der Waals surface area (Å²) in [5.74, 6) is -1.44. The van der Waals surface area contributed by atoms with E-state index in [1.807, 2.05) is 0 Å². The van der Waals surface area contributed by atoms with Gasteiger partial charge in [0.15, 0.2) is 16.6 Å². The van der Waals surface area contributed by atoms with Crippen LogP contribution < -0.4 is 5.32 Å². The number of hydrogen-bond acceptors (Lipinski definition) is 6. The predicted molar refractivity (Wildman–Crippen MR) is 66.5 cm³/mol. The molecule has 1 aliphatic rings. The number of nitrogens with one attached hydrogen (secondary N) is 1. The molecule has 0 aromatic carbocycles. The number of aromatic nitrogens is 1. The first-order chi connectivity index (χ1) is 8.58. The van der Waals surface area contributed by atoms with Gasteiger partial charge in [0, 0.05) is 26.2 Å². The Bertz CT molecular complexity index is 434. The molecule has 0 radical (unpaired) electrons. The molecule has 2 heterocycles. The number of anilines is 1. The zero-order valence-corrected chi connectivity index (χ0v) is 10.7. The zero-order chi connectivity index (χ0) is 13.1. The molecule has 2 rings (SSSR count). The average Bonchev–Trinajstić information content (AvgIpc) is 2.74. The van der Waals surface area contributed by atoms with Gasteiger partial charge in [-0.25, -0.2) is 9.78 Å². The van der Waals surface area contributed by atoms with Gasteiger partial charge in [-0.05, 0) is 12.8 Å². The smallest absolute Gasteiger partial charge is 0.356 e. The van der Waals surface area contributed by atoms with Gasteiger partial charge in [-0.15, -0.1) is 0 Å². The van der Waals surface area contributed by atoms with Gasteiger partial charge in [0.05, 0.1) is 0 Å². The molecule has 0 aliphatic carbocycles. The molecule has 6 nitrogen and oxygen atoms in total. The molecule has 0 amide bonds. The molecule has 1 aromatic heterocycles. The fourth-order valence-corrected chi connectivity index (χ4v) is 2.71. The summed E-state index contributed by atoms with van der Waals surface area (Å²) in [6.45, 7) is 2.72. The van der Waals surface area contributed by atoms with Crippen molar-refractivity contribution >= 4 is 28.2 Å². The minimum Gasteiger partial charge on any atom is -0.476 e. The summed E-state index contributed by atoms with van der Waals surface area (Å²) in [6.07, 6.45) is 1.72. The van der Waals surface area contributed by atoms with Gasteiger partial charge in [-0.3, -0.25) is 4.79 Å². The summed E-state index contributed by atoms with van der Waals surface area (Å²) in [6, 6.07) is 0.228. The van der Waals surface area contributed by atoms with Crippen molar-refractivity contribution in [3.8, 4) is 0 Å². The molecule has 18 heavy (non-hydrogen) atoms. The first kappa shape index (κ1) is 13.0. The van der Waals surface area contributed by atoms with Crippen molar-refractivity contribution in [1.82, 2.24) is 4.98 Å². The fraction of sp³-hybridized carbons (Fsp3) is 0.545. The molecule has 1 aliphatic heterocycles. The highest BCUT2D eigenvalue weighted by Crippen LogP contribution is 2.25. The van der Waals surface area contributed by atoms with Crippen LogP contribution in [0.4, 0.5) is 5.13 Å². The molecular weight excluding hydrogens is 256 g/mol. The Balaban J connectivity index is 2.15. The maximum atomic E-state index is 11.3. The van der Waals surface area contributed by atoms with E-state index in [0.29, 0.717) is 18.3 Å². The second-order valence-corrected chi connectivity index (χ2v) is 5.09. The van der Waals surface area contributed by atoms with Crippen LogP contribution in [-0.2, 0) is 4.74 Å². The van der Waals surface area contributed by atoms with Crippen molar-refractivity contribution < 1.29 is 19.4 Å². The normalized spacial score (nSPS) is 16.5. The number of aromatic carboxylic acids is 1. The molecule has 1 saturated heterocycles. The molecule has 7 heteroatoms. The molecule has 1 fully saturated rings. The first-order valence-corrected chi connectivity index (χ1v) is 6.49. The monoisotopic (exact) mass is 270 g/mol. The largest absolute Gasteiger partial charge is 0.476 e. The third kappa shape index (κ3) is 2.85. The number of hydrogen-bond donors (Lipinski definition) is 2. The Kier molecular flexibility index (Phi) is 3.93. The quantitative estimate of drug-likeness (QED) is 0.808. The van der Waals surface area contributed by atoms with E-state index in [9.17, 15) is 9.59 Å². The van der Waals surface area contributed by atoms with Crippen LogP contribution in [0.3, 0.4) is 0 Å². The third-order valence-electron chi connectivity index (χ3n) is 2.70. The number of rotatable bonds is 4. The molecule has 0 spiro atoms. The van der Waals surface area contributed by atoms with Gasteiger partial charge in [0.2, 0.25) is 0 Å². The summed E-state index contributed by atoms with van der Waals surface area (Å²) in [7, 11) is 0. The summed E-state index contributed by atoms with van der Waals surface area (Å²) >= 11 is 1.10. The lowest BCUT2D eigenvalue weighted by Crippen LogP contribution is -2.27. The topological polar surface area (TPSA) is 88.5 Å². The highest BCUT2D eigenvalue weighted by atomic mass is 32.1. The molecule has 98 valence electrons. The maximum Gasteiger partial charge on any atom is 0.356 e. The van der Waals surface area contributed by atoms with Crippen molar-refractivity contribution in [2.45, 2.75) is 25.8 Å². The van der Waals surface area contributed by atoms with Crippen molar-refractivity contribution in [2.24, 2.45) is 0 Å². The van der Waals surface area contributed by atoms with Crippen molar-refractivity contribution in [2.75, 3.05) is 18.5 Å². The van der Waals surface area contributed by atoms with E-state index in [0.717, 1.165) is 24.2 Å². The Labute approximate surface area is 108 Å². The Morgan fingerprint density at radius 3 is 2.61 bits per heavy atom. The van der Waals surface area contributed by atoms with E-state index in [1.54, 1.807) is 0 Å². The number of ketones is 1. The van der Waals surface area contributed by atoms with Crippen LogP contribution in [0.2, 0.25) is 0 Å². The molecule has 0 bridgehead atoms. The Hall–Kier alpha value is -1.47. The predicted octanol–water partition coefficient (Wildman–Crippen LogP) is 1.63. The molecule has 0 unspecified atom stereocenters. The first-order valence-electron chi connectivity index (χ1n) is 5.67. The Morgan fingerprint density at radius 2 is 2.11 bits per heavy atom. The number of thiazole rings is 1. The van der Waals surface area contributed by atoms with Gasteiger partial charge in [-0.2, -0.15) is 0 Å². The van der Waals surface area contributed by atoms with Crippen LogP contribution in [0.5, 0.6) is 0 Å². The maximum absolute atomic E-state index is 11.3. The SMILES string of the molecule is CC(=O)c1sc(NC2CCOCC2)nc1C(=O)O. The average molecular weight is 270 g/mol. The summed E-state index contributed by atoms with van der Waals surface area (Å²) in [5, 5.41) is 12.6. The van der Waals surface area contributed by atoms with Gasteiger partial charge in [0.25, 0.3) is 0 Å². The lowest BCUT2D eigenvalue weighted by atomic mass is 10.1. The summed E-state index contributed by atoms with van der Waals surface area (Å²) in [4.78, 5) is 26.5. The van der Waals surface area contributed by atoms with E-state index < -0.39 is 5.97 Å². The van der Waals surface area contributed by atoms with E-state index in [1.165, 1.54) is 6.92 Å². The summed E-state index contributed by atoms with van der Waals surface area (Å²) in [5.41, 5.74) is -0.165. The number of carbonyl (C=O) groups is 2. The number of carbonyl (C=O) groups excluding carboxylic acids is 1. The van der Waals surface area contributed by atoms with Crippen LogP contribution in [0.1, 0.15) is 39.9 Å². The fourth-order valence-electron chi connectivity index (χ4n) is 1.78. The molecule has 0 saturated carbocycles. The summed E-state index contributed by atoms with van der Waals surface area (Å²) < 4.78 is 5.24. The second-order valence-electron chi connectivity index (χ2n) is 4.09. The standard InChI is InChI=1S/C11H14N2O4S/c1-6(14)9-8(10(15)16)13-11(18-9)12-7-2-4-17-5-3-7/h7H,2-5H2,1H3,(H,12,13)(H,15,16). The third-order valence-corrected chi connectivity index (χ3v) is 3.79. The number of nitrogens with zero attached hydrogens (tertiary/aromatic N) is 1. The van der Waals surface area contributed by atoms with Crippen LogP contribution in [0, 0.1) is 0 Å². The highest BCUT2D eigenvalue weighted by molar-refractivity contribution is 7.17. The minimum atomic E-state index is -1.17. The van der Waals surface area contributed by atoms with Crippen LogP contribution in [-0.4, -0.2) is 41.1 Å². The minimum absolute atomic E-state index is 0.165. The van der Waals surface area contributed by atoms with E-state index in [4.69, 9.17) is 9.84 Å². The van der Waals surface area contributed by atoms with E-state index in [2.05, 4.69) is 10.3 Å². The number of carboxylic acid groups (broad SMARTS) is 1. The van der Waals surface area contributed by atoms with Gasteiger partial charge in [0.1, 0.15) is 4.88 Å². The second kappa shape index (κ2) is 5.45. The molecule has 0 atom stereocenters. The lowest BCUT2D eigenvalue weighted by molar-refractivity contribution is 0.0687.